The van der Waals surface area contributed by atoms with Crippen LogP contribution in [0.3, 0.4) is 0 Å². The average molecular weight is 886 g/mol. The van der Waals surface area contributed by atoms with E-state index in [1.54, 1.807) is 6.92 Å². The van der Waals surface area contributed by atoms with Crippen molar-refractivity contribution < 1.29 is 19.2 Å². The number of rotatable bonds is 8. The summed E-state index contributed by atoms with van der Waals surface area (Å²) in [6, 6.07) is 38.1. The molecule has 344 valence electrons. The second-order valence-electron chi connectivity index (χ2n) is 19.2. The smallest absolute Gasteiger partial charge is 0.255 e. The monoisotopic (exact) mass is 886 g/mol. The topological polar surface area (TPSA) is 84.5 Å². The summed E-state index contributed by atoms with van der Waals surface area (Å²) in [4.78, 5) is 63.5. The zero-order chi connectivity index (χ0) is 45.7. The van der Waals surface area contributed by atoms with Gasteiger partial charge in [0.25, 0.3) is 11.8 Å². The zero-order valence-corrected chi connectivity index (χ0v) is 39.3. The van der Waals surface area contributed by atoms with Crippen LogP contribution in [0.2, 0.25) is 0 Å². The number of benzene rings is 6. The number of likely N-dealkylation sites (tertiary alicyclic amines) is 4. The predicted octanol–water partition coefficient (Wildman–Crippen LogP) is 10.1. The third kappa shape index (κ3) is 9.47. The molecule has 0 radical (unpaired) electrons. The van der Waals surface area contributed by atoms with E-state index in [0.29, 0.717) is 23.8 Å². The number of ketones is 1. The second kappa shape index (κ2) is 20.5. The summed E-state index contributed by atoms with van der Waals surface area (Å²) >= 11 is 0. The third-order valence-electron chi connectivity index (χ3n) is 15.4. The minimum atomic E-state index is 0.116. The molecule has 1 unspecified atom stereocenters. The molecule has 0 aromatic heterocycles. The van der Waals surface area contributed by atoms with Crippen molar-refractivity contribution in [3.63, 3.8) is 0 Å². The fraction of sp³-hybridized carbons (Fsp3) is 0.439. The highest BCUT2D eigenvalue weighted by molar-refractivity contribution is 6.19. The van der Waals surface area contributed by atoms with Crippen molar-refractivity contribution in [2.75, 3.05) is 65.4 Å². The van der Waals surface area contributed by atoms with Crippen LogP contribution in [0.4, 0.5) is 0 Å². The average Bonchev–Trinajstić information content (AvgIpc) is 3.37. The lowest BCUT2D eigenvalue weighted by Crippen LogP contribution is -2.52. The van der Waals surface area contributed by atoms with Crippen LogP contribution in [0, 0.1) is 11.8 Å². The molecule has 66 heavy (non-hydrogen) atoms. The standard InChI is InChI=1S/C30H37N3O2.C27H30N2O2/c1-3-31(4-2)29(34)24-12-9-17-33(21-24)25-15-18-32(19-16-25)30(35)28-26-13-7-5-10-22(26)20-23-11-6-8-14-27(23)28;1-19(30)22-9-6-14-29(18-22)23-12-15-28(16-13-23)27(31)26-24-10-4-2-7-20(24)17-21-8-3-5-11-25(21)26/h5-8,10-11,13-14,20,24-25H,3-4,9,12,15-19,21H2,1-2H3;2-5,7-8,10-11,17,22-23H,6,9,12-16,18H2,1H3/t;22-/m.1/s1. The molecule has 4 fully saturated rings. The number of Topliss-reactive ketones (excluding diaryl/α,β-unsaturated/α-hetero) is 1. The second-order valence-corrected chi connectivity index (χ2v) is 19.2. The summed E-state index contributed by atoms with van der Waals surface area (Å²) in [7, 11) is 0. The first-order valence-corrected chi connectivity index (χ1v) is 24.9. The Kier molecular flexibility index (Phi) is 14.1. The van der Waals surface area contributed by atoms with Gasteiger partial charge in [-0.1, -0.05) is 97.1 Å². The van der Waals surface area contributed by atoms with E-state index in [-0.39, 0.29) is 23.7 Å². The first-order valence-electron chi connectivity index (χ1n) is 24.9. The van der Waals surface area contributed by atoms with Crippen molar-refractivity contribution in [1.29, 1.82) is 0 Å². The molecule has 0 bridgehead atoms. The summed E-state index contributed by atoms with van der Waals surface area (Å²) in [5, 5.41) is 8.59. The van der Waals surface area contributed by atoms with Crippen molar-refractivity contribution in [1.82, 2.24) is 24.5 Å². The van der Waals surface area contributed by atoms with E-state index in [9.17, 15) is 19.2 Å². The van der Waals surface area contributed by atoms with Crippen LogP contribution in [0.15, 0.2) is 109 Å². The van der Waals surface area contributed by atoms with Crippen molar-refractivity contribution in [3.05, 3.63) is 120 Å². The Morgan fingerprint density at radius 1 is 0.485 bits per heavy atom. The third-order valence-corrected chi connectivity index (χ3v) is 15.4. The molecule has 9 nitrogen and oxygen atoms in total. The van der Waals surface area contributed by atoms with Gasteiger partial charge in [0.05, 0.1) is 17.0 Å². The number of hydrogen-bond acceptors (Lipinski definition) is 6. The molecule has 6 aromatic carbocycles. The van der Waals surface area contributed by atoms with Gasteiger partial charge >= 0.3 is 0 Å². The lowest BCUT2D eigenvalue weighted by molar-refractivity contribution is -0.137. The van der Waals surface area contributed by atoms with Crippen molar-refractivity contribution in [3.8, 4) is 0 Å². The van der Waals surface area contributed by atoms with Gasteiger partial charge < -0.3 is 14.7 Å². The number of nitrogens with zero attached hydrogens (tertiary/aromatic N) is 5. The Bertz CT molecular complexity index is 2610. The van der Waals surface area contributed by atoms with E-state index in [0.717, 1.165) is 171 Å². The molecule has 0 aliphatic carbocycles. The first-order chi connectivity index (χ1) is 32.2. The minimum Gasteiger partial charge on any atom is -0.343 e. The van der Waals surface area contributed by atoms with E-state index >= 15 is 0 Å². The molecule has 4 saturated heterocycles. The Morgan fingerprint density at radius 2 is 0.833 bits per heavy atom. The van der Waals surface area contributed by atoms with E-state index < -0.39 is 0 Å². The SMILES string of the molecule is CC(=O)[C@@H]1CCCN(C2CCN(C(=O)c3c4ccccc4cc4ccccc34)CC2)C1.CCN(CC)C(=O)C1CCCN(C2CCN(C(=O)c3c4ccccc4cc4ccccc34)CC2)C1. The quantitative estimate of drug-likeness (QED) is 0.142. The van der Waals surface area contributed by atoms with Gasteiger partial charge in [-0.3, -0.25) is 29.0 Å². The minimum absolute atomic E-state index is 0.116. The van der Waals surface area contributed by atoms with Crippen molar-refractivity contribution in [2.24, 2.45) is 11.8 Å². The molecule has 9 heteroatoms. The van der Waals surface area contributed by atoms with Crippen LogP contribution in [-0.2, 0) is 9.59 Å². The molecule has 0 saturated carbocycles. The highest BCUT2D eigenvalue weighted by Crippen LogP contribution is 2.34. The van der Waals surface area contributed by atoms with Crippen molar-refractivity contribution in [2.45, 2.75) is 84.2 Å². The van der Waals surface area contributed by atoms with Crippen LogP contribution in [-0.4, -0.2) is 126 Å². The van der Waals surface area contributed by atoms with Crippen molar-refractivity contribution >= 4 is 66.6 Å². The van der Waals surface area contributed by atoms with Crippen LogP contribution < -0.4 is 0 Å². The van der Waals surface area contributed by atoms with Crippen LogP contribution in [0.25, 0.3) is 43.1 Å². The zero-order valence-electron chi connectivity index (χ0n) is 39.3. The summed E-state index contributed by atoms with van der Waals surface area (Å²) in [5.41, 5.74) is 1.67. The highest BCUT2D eigenvalue weighted by atomic mass is 16.2. The number of piperidine rings is 4. The summed E-state index contributed by atoms with van der Waals surface area (Å²) in [6.45, 7) is 14.4. The fourth-order valence-electron chi connectivity index (χ4n) is 11.7. The molecule has 4 aliphatic heterocycles. The molecular weight excluding hydrogens is 819 g/mol. The Morgan fingerprint density at radius 3 is 1.20 bits per heavy atom. The summed E-state index contributed by atoms with van der Waals surface area (Å²) in [5.74, 6) is 1.23. The van der Waals surface area contributed by atoms with E-state index in [4.69, 9.17) is 0 Å². The van der Waals surface area contributed by atoms with Gasteiger partial charge in [-0.2, -0.15) is 0 Å². The Labute approximate surface area is 390 Å². The largest absolute Gasteiger partial charge is 0.343 e. The predicted molar refractivity (Wildman–Crippen MR) is 268 cm³/mol. The van der Waals surface area contributed by atoms with E-state index in [1.165, 1.54) is 0 Å². The Hall–Kier alpha value is -5.64. The molecule has 10 rings (SSSR count). The lowest BCUT2D eigenvalue weighted by Gasteiger charge is -2.42. The summed E-state index contributed by atoms with van der Waals surface area (Å²) < 4.78 is 0. The molecule has 3 amide bonds. The number of hydrogen-bond donors (Lipinski definition) is 0. The molecule has 4 heterocycles. The maximum atomic E-state index is 13.9. The van der Waals surface area contributed by atoms with Gasteiger partial charge in [0.1, 0.15) is 5.78 Å². The fourth-order valence-corrected chi connectivity index (χ4v) is 11.7. The van der Waals surface area contributed by atoms with Gasteiger partial charge in [0, 0.05) is 70.4 Å². The van der Waals surface area contributed by atoms with Gasteiger partial charge in [-0.05, 0) is 140 Å². The molecule has 2 atom stereocenters. The Balaban J connectivity index is 0.000000167. The lowest BCUT2D eigenvalue weighted by atomic mass is 9.91. The van der Waals surface area contributed by atoms with Gasteiger partial charge in [-0.15, -0.1) is 0 Å². The number of amides is 3. The van der Waals surface area contributed by atoms with Gasteiger partial charge in [0.2, 0.25) is 5.91 Å². The molecule has 0 spiro atoms. The van der Waals surface area contributed by atoms with Crippen LogP contribution >= 0.6 is 0 Å². The van der Waals surface area contributed by atoms with E-state index in [2.05, 4.69) is 84.3 Å². The molecule has 0 N–H and O–H groups in total. The van der Waals surface area contributed by atoms with Crippen LogP contribution in [0.1, 0.15) is 92.9 Å². The number of carbonyl (C=O) groups excluding carboxylic acids is 4. The molecule has 4 aliphatic rings. The maximum absolute atomic E-state index is 13.9. The molecule has 6 aromatic rings. The first kappa shape index (κ1) is 45.5. The van der Waals surface area contributed by atoms with Gasteiger partial charge in [0.15, 0.2) is 0 Å². The van der Waals surface area contributed by atoms with Gasteiger partial charge in [-0.25, -0.2) is 0 Å². The highest BCUT2D eigenvalue weighted by Gasteiger charge is 2.35. The number of fused-ring (bicyclic) bond motifs is 4. The number of carbonyl (C=O) groups is 4. The normalized spacial score (nSPS) is 20.3. The maximum Gasteiger partial charge on any atom is 0.255 e. The summed E-state index contributed by atoms with van der Waals surface area (Å²) in [6.07, 6.45) is 8.12. The van der Waals surface area contributed by atoms with E-state index in [1.807, 2.05) is 63.2 Å². The van der Waals surface area contributed by atoms with Crippen LogP contribution in [0.5, 0.6) is 0 Å². The molecular formula is C57H67N5O4.